The van der Waals surface area contributed by atoms with Crippen molar-refractivity contribution in [1.82, 2.24) is 9.78 Å². The number of rotatable bonds is 2. The fraction of sp³-hybridized carbons (Fsp3) is 0.357. The summed E-state index contributed by atoms with van der Waals surface area (Å²) in [6.07, 6.45) is 0. The van der Waals surface area contributed by atoms with Gasteiger partial charge in [0.1, 0.15) is 11.6 Å². The lowest BCUT2D eigenvalue weighted by atomic mass is 9.96. The van der Waals surface area contributed by atoms with Crippen molar-refractivity contribution in [2.75, 3.05) is 5.73 Å². The largest absolute Gasteiger partial charge is 0.383 e. The second kappa shape index (κ2) is 4.44. The highest BCUT2D eigenvalue weighted by Gasteiger charge is 2.19. The molecule has 2 aromatic rings. The van der Waals surface area contributed by atoms with Crippen molar-refractivity contribution in [1.29, 1.82) is 0 Å². The molecule has 2 N–H and O–H groups in total. The zero-order valence-electron chi connectivity index (χ0n) is 11.2. The van der Waals surface area contributed by atoms with E-state index in [1.807, 2.05) is 14.0 Å². The molecule has 0 radical (unpaired) electrons. The van der Waals surface area contributed by atoms with Crippen molar-refractivity contribution in [2.24, 2.45) is 7.05 Å². The normalized spacial score (nSPS) is 11.2. The molecule has 0 saturated heterocycles. The third-order valence-electron chi connectivity index (χ3n) is 3.12. The SMILES string of the molecule is Cc1cc(F)ccc1-c1c(C(C)C)nn(C)c1N. The van der Waals surface area contributed by atoms with Gasteiger partial charge in [-0.25, -0.2) is 4.39 Å². The minimum atomic E-state index is -0.232. The van der Waals surface area contributed by atoms with Crippen LogP contribution in [-0.4, -0.2) is 9.78 Å². The van der Waals surface area contributed by atoms with Crippen LogP contribution in [0.15, 0.2) is 18.2 Å². The molecule has 3 nitrogen and oxygen atoms in total. The van der Waals surface area contributed by atoms with Crippen molar-refractivity contribution in [2.45, 2.75) is 26.7 Å². The third kappa shape index (κ3) is 1.98. The van der Waals surface area contributed by atoms with E-state index in [1.54, 1.807) is 10.7 Å². The van der Waals surface area contributed by atoms with E-state index in [9.17, 15) is 4.39 Å². The number of halogens is 1. The summed E-state index contributed by atoms with van der Waals surface area (Å²) in [6, 6.07) is 4.74. The summed E-state index contributed by atoms with van der Waals surface area (Å²) < 4.78 is 14.9. The third-order valence-corrected chi connectivity index (χ3v) is 3.12. The van der Waals surface area contributed by atoms with E-state index in [1.165, 1.54) is 12.1 Å². The Morgan fingerprint density at radius 2 is 2.00 bits per heavy atom. The summed E-state index contributed by atoms with van der Waals surface area (Å²) in [6.45, 7) is 6.03. The number of nitrogens with zero attached hydrogens (tertiary/aromatic N) is 2. The van der Waals surface area contributed by atoms with Crippen molar-refractivity contribution < 1.29 is 4.39 Å². The smallest absolute Gasteiger partial charge is 0.129 e. The second-order valence-electron chi connectivity index (χ2n) is 4.88. The average Bonchev–Trinajstić information content (AvgIpc) is 2.57. The maximum Gasteiger partial charge on any atom is 0.129 e. The van der Waals surface area contributed by atoms with Crippen molar-refractivity contribution >= 4 is 5.82 Å². The van der Waals surface area contributed by atoms with Crippen LogP contribution in [0.1, 0.15) is 31.0 Å². The van der Waals surface area contributed by atoms with Crippen LogP contribution < -0.4 is 5.73 Å². The number of aromatic nitrogens is 2. The first-order chi connectivity index (χ1) is 8.41. The Kier molecular flexibility index (Phi) is 3.11. The monoisotopic (exact) mass is 247 g/mol. The number of nitrogen functional groups attached to an aromatic ring is 1. The maximum atomic E-state index is 13.2. The highest BCUT2D eigenvalue weighted by atomic mass is 19.1. The van der Waals surface area contributed by atoms with Gasteiger partial charge in [0.15, 0.2) is 0 Å². The molecule has 0 atom stereocenters. The van der Waals surface area contributed by atoms with E-state index in [0.29, 0.717) is 5.82 Å². The number of benzene rings is 1. The molecular formula is C14H18FN3. The van der Waals surface area contributed by atoms with Gasteiger partial charge in [0, 0.05) is 12.6 Å². The summed E-state index contributed by atoms with van der Waals surface area (Å²) in [5.41, 5.74) is 9.78. The minimum absolute atomic E-state index is 0.232. The van der Waals surface area contributed by atoms with Gasteiger partial charge < -0.3 is 5.73 Å². The van der Waals surface area contributed by atoms with Crippen LogP contribution in [-0.2, 0) is 7.05 Å². The molecule has 4 heteroatoms. The van der Waals surface area contributed by atoms with Crippen molar-refractivity contribution in [3.8, 4) is 11.1 Å². The Morgan fingerprint density at radius 3 is 2.56 bits per heavy atom. The first kappa shape index (κ1) is 12.6. The molecule has 96 valence electrons. The molecule has 0 saturated carbocycles. The first-order valence-corrected chi connectivity index (χ1v) is 6.00. The number of hydrogen-bond acceptors (Lipinski definition) is 2. The molecule has 0 aliphatic rings. The van der Waals surface area contributed by atoms with Gasteiger partial charge >= 0.3 is 0 Å². The second-order valence-corrected chi connectivity index (χ2v) is 4.88. The van der Waals surface area contributed by atoms with Crippen LogP contribution in [0.4, 0.5) is 10.2 Å². The van der Waals surface area contributed by atoms with Crippen LogP contribution >= 0.6 is 0 Å². The zero-order valence-corrected chi connectivity index (χ0v) is 11.2. The molecule has 1 heterocycles. The standard InChI is InChI=1S/C14H18FN3/c1-8(2)13-12(14(16)18(4)17-13)11-6-5-10(15)7-9(11)3/h5-8H,16H2,1-4H3. The maximum absolute atomic E-state index is 13.2. The molecule has 1 aromatic carbocycles. The molecule has 1 aromatic heterocycles. The molecule has 0 fully saturated rings. The molecule has 0 amide bonds. The van der Waals surface area contributed by atoms with Gasteiger partial charge in [0.05, 0.1) is 5.69 Å². The number of hydrogen-bond donors (Lipinski definition) is 1. The Labute approximate surface area is 106 Å². The Hall–Kier alpha value is -1.84. The predicted molar refractivity (Wildman–Crippen MR) is 71.8 cm³/mol. The molecule has 0 aliphatic heterocycles. The number of nitrogens with two attached hydrogens (primary N) is 1. The highest BCUT2D eigenvalue weighted by molar-refractivity contribution is 5.79. The molecule has 0 bridgehead atoms. The van der Waals surface area contributed by atoms with E-state index in [0.717, 1.165) is 22.4 Å². The van der Waals surface area contributed by atoms with Gasteiger partial charge in [-0.15, -0.1) is 0 Å². The summed E-state index contributed by atoms with van der Waals surface area (Å²) in [4.78, 5) is 0. The summed E-state index contributed by atoms with van der Waals surface area (Å²) >= 11 is 0. The van der Waals surface area contributed by atoms with Crippen molar-refractivity contribution in [3.05, 3.63) is 35.3 Å². The van der Waals surface area contributed by atoms with Gasteiger partial charge in [-0.2, -0.15) is 5.10 Å². The Balaban J connectivity index is 2.70. The van der Waals surface area contributed by atoms with Crippen LogP contribution in [0.5, 0.6) is 0 Å². The summed E-state index contributed by atoms with van der Waals surface area (Å²) in [5, 5.41) is 4.45. The molecule has 2 rings (SSSR count). The topological polar surface area (TPSA) is 43.8 Å². The lowest BCUT2D eigenvalue weighted by Crippen LogP contribution is -1.98. The Morgan fingerprint density at radius 1 is 1.33 bits per heavy atom. The summed E-state index contributed by atoms with van der Waals surface area (Å²) in [7, 11) is 1.82. The van der Waals surface area contributed by atoms with Crippen LogP contribution in [0, 0.1) is 12.7 Å². The van der Waals surface area contributed by atoms with Gasteiger partial charge in [-0.1, -0.05) is 19.9 Å². The molecule has 0 aliphatic carbocycles. The molecule has 0 unspecified atom stereocenters. The Bertz CT molecular complexity index is 585. The fourth-order valence-electron chi connectivity index (χ4n) is 2.15. The lowest BCUT2D eigenvalue weighted by molar-refractivity contribution is 0.627. The van der Waals surface area contributed by atoms with Crippen LogP contribution in [0.3, 0.4) is 0 Å². The molecular weight excluding hydrogens is 229 g/mol. The van der Waals surface area contributed by atoms with Gasteiger partial charge in [0.25, 0.3) is 0 Å². The molecule has 0 spiro atoms. The molecule has 18 heavy (non-hydrogen) atoms. The van der Waals surface area contributed by atoms with Crippen LogP contribution in [0.25, 0.3) is 11.1 Å². The highest BCUT2D eigenvalue weighted by Crippen LogP contribution is 2.35. The minimum Gasteiger partial charge on any atom is -0.383 e. The van der Waals surface area contributed by atoms with E-state index in [2.05, 4.69) is 18.9 Å². The number of aryl methyl sites for hydroxylation is 2. The van der Waals surface area contributed by atoms with E-state index >= 15 is 0 Å². The van der Waals surface area contributed by atoms with Crippen LogP contribution in [0.2, 0.25) is 0 Å². The van der Waals surface area contributed by atoms with E-state index in [-0.39, 0.29) is 11.7 Å². The predicted octanol–water partition coefficient (Wildman–Crippen LogP) is 3.24. The van der Waals surface area contributed by atoms with Gasteiger partial charge in [-0.3, -0.25) is 4.68 Å². The quantitative estimate of drug-likeness (QED) is 0.885. The van der Waals surface area contributed by atoms with E-state index < -0.39 is 0 Å². The zero-order chi connectivity index (χ0) is 13.4. The first-order valence-electron chi connectivity index (χ1n) is 6.00. The summed E-state index contributed by atoms with van der Waals surface area (Å²) in [5.74, 6) is 0.658. The average molecular weight is 247 g/mol. The fourth-order valence-corrected chi connectivity index (χ4v) is 2.15. The lowest BCUT2D eigenvalue weighted by Gasteiger charge is -2.09. The van der Waals surface area contributed by atoms with Gasteiger partial charge in [0.2, 0.25) is 0 Å². The number of anilines is 1. The van der Waals surface area contributed by atoms with E-state index in [4.69, 9.17) is 5.73 Å². The van der Waals surface area contributed by atoms with Crippen molar-refractivity contribution in [3.63, 3.8) is 0 Å². The van der Waals surface area contributed by atoms with Gasteiger partial charge in [-0.05, 0) is 36.1 Å².